The van der Waals surface area contributed by atoms with Gasteiger partial charge in [0.05, 0.1) is 17.1 Å². The van der Waals surface area contributed by atoms with E-state index in [0.717, 1.165) is 11.1 Å². The lowest BCUT2D eigenvalue weighted by atomic mass is 9.96. The molecule has 0 saturated heterocycles. The van der Waals surface area contributed by atoms with Gasteiger partial charge >= 0.3 is 0 Å². The lowest BCUT2D eigenvalue weighted by molar-refractivity contribution is 0.103. The Kier molecular flexibility index (Phi) is 4.61. The average molecular weight is 389 g/mol. The molecule has 0 aromatic heterocycles. The third kappa shape index (κ3) is 3.25. The number of benzene rings is 3. The fourth-order valence-electron chi connectivity index (χ4n) is 3.28. The molecule has 0 spiro atoms. The summed E-state index contributed by atoms with van der Waals surface area (Å²) in [5.41, 5.74) is 3.10. The molecule has 3 aromatic rings. The molecule has 1 aliphatic rings. The van der Waals surface area contributed by atoms with Gasteiger partial charge in [0.15, 0.2) is 5.78 Å². The van der Waals surface area contributed by atoms with Crippen molar-refractivity contribution in [1.29, 1.82) is 0 Å². The van der Waals surface area contributed by atoms with E-state index >= 15 is 0 Å². The molecule has 0 atom stereocenters. The normalized spacial score (nSPS) is 15.5. The Morgan fingerprint density at radius 2 is 1.50 bits per heavy atom. The number of para-hydroxylation sites is 1. The van der Waals surface area contributed by atoms with E-state index in [1.807, 2.05) is 37.3 Å². The first-order chi connectivity index (χ1) is 13.5. The van der Waals surface area contributed by atoms with Gasteiger partial charge in [0.2, 0.25) is 0 Å². The molecule has 0 amide bonds. The Morgan fingerprint density at radius 1 is 0.857 bits per heavy atom. The van der Waals surface area contributed by atoms with Gasteiger partial charge in [0.25, 0.3) is 10.0 Å². The largest absolute Gasteiger partial charge is 0.289 e. The number of hydrogen-bond acceptors (Lipinski definition) is 3. The monoisotopic (exact) mass is 389 g/mol. The number of carbonyl (C=O) groups is 1. The summed E-state index contributed by atoms with van der Waals surface area (Å²) in [6.45, 7) is 1.91. The smallest absolute Gasteiger partial charge is 0.264 e. The van der Waals surface area contributed by atoms with Crippen molar-refractivity contribution < 1.29 is 13.2 Å². The zero-order chi connectivity index (χ0) is 19.7. The number of hydrogen-bond donors (Lipinski definition) is 0. The fraction of sp³-hybridized carbons (Fsp3) is 0.0870. The molecule has 0 aliphatic carbocycles. The van der Waals surface area contributed by atoms with E-state index in [9.17, 15) is 13.2 Å². The van der Waals surface area contributed by atoms with Crippen LogP contribution < -0.4 is 4.31 Å². The van der Waals surface area contributed by atoms with E-state index < -0.39 is 10.0 Å². The summed E-state index contributed by atoms with van der Waals surface area (Å²) >= 11 is 0. The van der Waals surface area contributed by atoms with Crippen molar-refractivity contribution in [3.63, 3.8) is 0 Å². The highest BCUT2D eigenvalue weighted by molar-refractivity contribution is 7.92. The number of nitrogens with zero attached hydrogens (tertiary/aromatic N) is 1. The highest BCUT2D eigenvalue weighted by Gasteiger charge is 2.34. The van der Waals surface area contributed by atoms with Gasteiger partial charge in [-0.15, -0.1) is 0 Å². The Morgan fingerprint density at radius 3 is 2.21 bits per heavy atom. The van der Waals surface area contributed by atoms with Crippen molar-refractivity contribution in [2.75, 3.05) is 10.8 Å². The SMILES string of the molecule is Cc1ccc(S(=O)(=O)N2C/C(=C/c3ccccc3)C(=O)c3ccccc32)cc1. The standard InChI is InChI=1S/C23H19NO3S/c1-17-11-13-20(14-12-17)28(26,27)24-16-19(15-18-7-3-2-4-8-18)23(25)21-9-5-6-10-22(21)24/h2-15H,16H2,1H3/b19-15-. The summed E-state index contributed by atoms with van der Waals surface area (Å²) in [4.78, 5) is 13.2. The number of anilines is 1. The van der Waals surface area contributed by atoms with E-state index in [-0.39, 0.29) is 17.2 Å². The molecule has 3 aromatic carbocycles. The summed E-state index contributed by atoms with van der Waals surface area (Å²) in [7, 11) is -3.80. The van der Waals surface area contributed by atoms with Crippen LogP contribution in [0, 0.1) is 6.92 Å². The number of fused-ring (bicyclic) bond motifs is 1. The minimum atomic E-state index is -3.80. The maximum absolute atomic E-state index is 13.4. The van der Waals surface area contributed by atoms with Gasteiger partial charge in [0, 0.05) is 11.1 Å². The van der Waals surface area contributed by atoms with E-state index in [1.165, 1.54) is 4.31 Å². The predicted octanol–water partition coefficient (Wildman–Crippen LogP) is 4.47. The quantitative estimate of drug-likeness (QED) is 0.621. The van der Waals surface area contributed by atoms with Crippen LogP contribution in [0.1, 0.15) is 21.5 Å². The van der Waals surface area contributed by atoms with Gasteiger partial charge in [-0.05, 0) is 42.8 Å². The lowest BCUT2D eigenvalue weighted by Gasteiger charge is -2.31. The molecule has 5 heteroatoms. The van der Waals surface area contributed by atoms with Gasteiger partial charge in [-0.25, -0.2) is 8.42 Å². The van der Waals surface area contributed by atoms with Crippen LogP contribution in [0.5, 0.6) is 0 Å². The van der Waals surface area contributed by atoms with Gasteiger partial charge in [-0.2, -0.15) is 0 Å². The van der Waals surface area contributed by atoms with E-state index in [4.69, 9.17) is 0 Å². The molecular formula is C23H19NO3S. The highest BCUT2D eigenvalue weighted by Crippen LogP contribution is 2.34. The zero-order valence-corrected chi connectivity index (χ0v) is 16.2. The molecular weight excluding hydrogens is 370 g/mol. The Balaban J connectivity index is 1.85. The molecule has 4 rings (SSSR count). The van der Waals surface area contributed by atoms with E-state index in [1.54, 1.807) is 54.6 Å². The highest BCUT2D eigenvalue weighted by atomic mass is 32.2. The van der Waals surface area contributed by atoms with Crippen molar-refractivity contribution in [1.82, 2.24) is 0 Å². The van der Waals surface area contributed by atoms with E-state index in [0.29, 0.717) is 16.8 Å². The predicted molar refractivity (Wildman–Crippen MR) is 111 cm³/mol. The minimum Gasteiger partial charge on any atom is -0.289 e. The number of sulfonamides is 1. The van der Waals surface area contributed by atoms with Crippen LogP contribution in [-0.4, -0.2) is 20.7 Å². The van der Waals surface area contributed by atoms with Crippen LogP contribution in [0.25, 0.3) is 6.08 Å². The Bertz CT molecular complexity index is 1160. The fourth-order valence-corrected chi connectivity index (χ4v) is 4.74. The summed E-state index contributed by atoms with van der Waals surface area (Å²) in [6.07, 6.45) is 1.76. The summed E-state index contributed by atoms with van der Waals surface area (Å²) in [5.74, 6) is -0.144. The number of aryl methyl sites for hydroxylation is 1. The second-order valence-electron chi connectivity index (χ2n) is 6.75. The van der Waals surface area contributed by atoms with Crippen LogP contribution >= 0.6 is 0 Å². The van der Waals surface area contributed by atoms with Crippen LogP contribution in [0.3, 0.4) is 0 Å². The number of Topliss-reactive ketones (excluding diaryl/α,β-unsaturated/α-hetero) is 1. The van der Waals surface area contributed by atoms with Crippen LogP contribution in [0.15, 0.2) is 89.3 Å². The molecule has 0 bridgehead atoms. The van der Waals surface area contributed by atoms with Gasteiger partial charge in [-0.1, -0.05) is 60.2 Å². The molecule has 28 heavy (non-hydrogen) atoms. The van der Waals surface area contributed by atoms with Crippen molar-refractivity contribution in [2.45, 2.75) is 11.8 Å². The second-order valence-corrected chi connectivity index (χ2v) is 8.61. The van der Waals surface area contributed by atoms with Gasteiger partial charge in [-0.3, -0.25) is 9.10 Å². The molecule has 0 radical (unpaired) electrons. The van der Waals surface area contributed by atoms with Gasteiger partial charge < -0.3 is 0 Å². The Labute approximate surface area is 164 Å². The van der Waals surface area contributed by atoms with Crippen LogP contribution in [-0.2, 0) is 10.0 Å². The van der Waals surface area contributed by atoms with Crippen LogP contribution in [0.2, 0.25) is 0 Å². The molecule has 0 unspecified atom stereocenters. The number of ketones is 1. The van der Waals surface area contributed by atoms with E-state index in [2.05, 4.69) is 0 Å². The van der Waals surface area contributed by atoms with Gasteiger partial charge in [0.1, 0.15) is 0 Å². The lowest BCUT2D eigenvalue weighted by Crippen LogP contribution is -2.38. The Hall–Kier alpha value is -3.18. The van der Waals surface area contributed by atoms with Crippen molar-refractivity contribution in [3.8, 4) is 0 Å². The number of rotatable bonds is 3. The minimum absolute atomic E-state index is 0.000943. The molecule has 0 saturated carbocycles. The summed E-state index contributed by atoms with van der Waals surface area (Å²) < 4.78 is 28.0. The molecule has 0 fully saturated rings. The first-order valence-corrected chi connectivity index (χ1v) is 10.4. The first-order valence-electron chi connectivity index (χ1n) is 8.95. The topological polar surface area (TPSA) is 54.5 Å². The maximum Gasteiger partial charge on any atom is 0.264 e. The molecule has 140 valence electrons. The summed E-state index contributed by atoms with van der Waals surface area (Å²) in [5, 5.41) is 0. The molecule has 1 heterocycles. The second kappa shape index (κ2) is 7.09. The first kappa shape index (κ1) is 18.2. The maximum atomic E-state index is 13.4. The van der Waals surface area contributed by atoms with Crippen molar-refractivity contribution in [3.05, 3.63) is 101 Å². The number of carbonyl (C=O) groups excluding carboxylic acids is 1. The van der Waals surface area contributed by atoms with Crippen LogP contribution in [0.4, 0.5) is 5.69 Å². The third-order valence-corrected chi connectivity index (χ3v) is 6.55. The molecule has 4 nitrogen and oxygen atoms in total. The zero-order valence-electron chi connectivity index (χ0n) is 15.4. The average Bonchev–Trinajstić information content (AvgIpc) is 2.71. The van der Waals surface area contributed by atoms with Crippen molar-refractivity contribution >= 4 is 27.6 Å². The molecule has 0 N–H and O–H groups in total. The summed E-state index contributed by atoms with van der Waals surface area (Å²) in [6, 6.07) is 23.0. The third-order valence-electron chi connectivity index (χ3n) is 4.77. The molecule has 1 aliphatic heterocycles. The van der Waals surface area contributed by atoms with Crippen molar-refractivity contribution in [2.24, 2.45) is 0 Å².